The third-order valence-electron chi connectivity index (χ3n) is 2.78. The zero-order valence-electron chi connectivity index (χ0n) is 6.71. The van der Waals surface area contributed by atoms with Crippen LogP contribution in [0.1, 0.15) is 19.3 Å². The van der Waals surface area contributed by atoms with Crippen molar-refractivity contribution in [3.05, 3.63) is 0 Å². The first-order valence-corrected chi connectivity index (χ1v) is 4.29. The molecule has 1 heterocycles. The molecule has 2 aliphatic rings. The summed E-state index contributed by atoms with van der Waals surface area (Å²) in [6.45, 7) is 3.79. The van der Waals surface area contributed by atoms with Gasteiger partial charge in [-0.3, -0.25) is 9.80 Å². The Labute approximate surface area is 62.8 Å². The van der Waals surface area contributed by atoms with Gasteiger partial charge in [0, 0.05) is 19.1 Å². The maximum Gasteiger partial charge on any atom is 0.0507 e. The predicted octanol–water partition coefficient (Wildman–Crippen LogP) is 0.744. The summed E-state index contributed by atoms with van der Waals surface area (Å²) < 4.78 is 0. The highest BCUT2D eigenvalue weighted by Gasteiger charge is 2.28. The third kappa shape index (κ3) is 1.06. The maximum atomic E-state index is 2.61. The molecule has 2 rings (SSSR count). The van der Waals surface area contributed by atoms with Crippen molar-refractivity contribution in [2.45, 2.75) is 25.3 Å². The predicted molar refractivity (Wildman–Crippen MR) is 41.8 cm³/mol. The molecule has 0 atom stereocenters. The van der Waals surface area contributed by atoms with E-state index in [0.29, 0.717) is 0 Å². The van der Waals surface area contributed by atoms with Crippen LogP contribution in [0.4, 0.5) is 0 Å². The van der Waals surface area contributed by atoms with Gasteiger partial charge in [-0.05, 0) is 19.9 Å². The molecule has 10 heavy (non-hydrogen) atoms. The van der Waals surface area contributed by atoms with Crippen molar-refractivity contribution in [1.29, 1.82) is 0 Å². The first kappa shape index (κ1) is 6.62. The lowest BCUT2D eigenvalue weighted by Crippen LogP contribution is -2.39. The fourth-order valence-electron chi connectivity index (χ4n) is 1.80. The van der Waals surface area contributed by atoms with E-state index in [9.17, 15) is 0 Å². The van der Waals surface area contributed by atoms with Gasteiger partial charge in [-0.2, -0.15) is 0 Å². The summed E-state index contributed by atoms with van der Waals surface area (Å²) in [5.41, 5.74) is 0. The van der Waals surface area contributed by atoms with Crippen molar-refractivity contribution < 1.29 is 0 Å². The van der Waals surface area contributed by atoms with E-state index in [1.54, 1.807) is 0 Å². The van der Waals surface area contributed by atoms with E-state index in [1.807, 2.05) is 0 Å². The van der Waals surface area contributed by atoms with E-state index in [2.05, 4.69) is 16.8 Å². The SMILES string of the molecule is CN1CCN(C2CCC2)C1. The Morgan fingerprint density at radius 3 is 2.40 bits per heavy atom. The largest absolute Gasteiger partial charge is 0.292 e. The van der Waals surface area contributed by atoms with E-state index in [4.69, 9.17) is 0 Å². The van der Waals surface area contributed by atoms with Crippen LogP contribution in [0, 0.1) is 0 Å². The summed E-state index contributed by atoms with van der Waals surface area (Å²) in [5, 5.41) is 0. The number of hydrogen-bond donors (Lipinski definition) is 0. The standard InChI is InChI=1S/C8H16N2/c1-9-5-6-10(7-9)8-3-2-4-8/h8H,2-7H2,1H3. The first-order valence-electron chi connectivity index (χ1n) is 4.29. The Morgan fingerprint density at radius 1 is 1.20 bits per heavy atom. The van der Waals surface area contributed by atoms with Gasteiger partial charge in [0.05, 0.1) is 6.67 Å². The summed E-state index contributed by atoms with van der Waals surface area (Å²) in [7, 11) is 2.21. The maximum absolute atomic E-state index is 2.61. The fourth-order valence-corrected chi connectivity index (χ4v) is 1.80. The lowest BCUT2D eigenvalue weighted by molar-refractivity contribution is 0.138. The van der Waals surface area contributed by atoms with Crippen LogP contribution in [0.2, 0.25) is 0 Å². The van der Waals surface area contributed by atoms with E-state index in [1.165, 1.54) is 39.0 Å². The highest BCUT2D eigenvalue weighted by Crippen LogP contribution is 2.25. The summed E-state index contributed by atoms with van der Waals surface area (Å²) in [4.78, 5) is 5.02. The Bertz CT molecular complexity index is 120. The second-order valence-corrected chi connectivity index (χ2v) is 3.62. The van der Waals surface area contributed by atoms with Crippen molar-refractivity contribution >= 4 is 0 Å². The average Bonchev–Trinajstić information content (AvgIpc) is 2.10. The molecule has 2 nitrogen and oxygen atoms in total. The van der Waals surface area contributed by atoms with Gasteiger partial charge in [0.1, 0.15) is 0 Å². The third-order valence-corrected chi connectivity index (χ3v) is 2.78. The van der Waals surface area contributed by atoms with Crippen molar-refractivity contribution in [2.24, 2.45) is 0 Å². The molecule has 0 N–H and O–H groups in total. The molecule has 2 heteroatoms. The van der Waals surface area contributed by atoms with Crippen LogP contribution in [-0.4, -0.2) is 42.6 Å². The molecule has 0 aromatic heterocycles. The average molecular weight is 140 g/mol. The van der Waals surface area contributed by atoms with Crippen LogP contribution in [-0.2, 0) is 0 Å². The van der Waals surface area contributed by atoms with E-state index < -0.39 is 0 Å². The van der Waals surface area contributed by atoms with Gasteiger partial charge in [-0.1, -0.05) is 6.42 Å². The molecule has 1 saturated carbocycles. The highest BCUT2D eigenvalue weighted by molar-refractivity contribution is 4.82. The van der Waals surface area contributed by atoms with Crippen molar-refractivity contribution in [2.75, 3.05) is 26.8 Å². The molecule has 0 aromatic carbocycles. The van der Waals surface area contributed by atoms with Gasteiger partial charge in [-0.15, -0.1) is 0 Å². The van der Waals surface area contributed by atoms with Gasteiger partial charge in [0.2, 0.25) is 0 Å². The number of rotatable bonds is 1. The molecular formula is C8H16N2. The molecule has 0 radical (unpaired) electrons. The molecule has 0 bridgehead atoms. The topological polar surface area (TPSA) is 6.48 Å². The van der Waals surface area contributed by atoms with Gasteiger partial charge in [0.15, 0.2) is 0 Å². The fraction of sp³-hybridized carbons (Fsp3) is 1.00. The van der Waals surface area contributed by atoms with Crippen molar-refractivity contribution in [3.8, 4) is 0 Å². The Kier molecular flexibility index (Phi) is 1.66. The van der Waals surface area contributed by atoms with Crippen LogP contribution in [0.5, 0.6) is 0 Å². The second-order valence-electron chi connectivity index (χ2n) is 3.62. The zero-order chi connectivity index (χ0) is 6.97. The van der Waals surface area contributed by atoms with Crippen LogP contribution in [0.25, 0.3) is 0 Å². The monoisotopic (exact) mass is 140 g/mol. The Balaban J connectivity index is 1.82. The van der Waals surface area contributed by atoms with Crippen LogP contribution >= 0.6 is 0 Å². The molecular weight excluding hydrogens is 124 g/mol. The highest BCUT2D eigenvalue weighted by atomic mass is 15.4. The minimum atomic E-state index is 0.949. The lowest BCUT2D eigenvalue weighted by atomic mass is 9.92. The number of nitrogens with zero attached hydrogens (tertiary/aromatic N) is 2. The summed E-state index contributed by atoms with van der Waals surface area (Å²) >= 11 is 0. The smallest absolute Gasteiger partial charge is 0.0507 e. The van der Waals surface area contributed by atoms with Gasteiger partial charge >= 0.3 is 0 Å². The van der Waals surface area contributed by atoms with Gasteiger partial charge in [-0.25, -0.2) is 0 Å². The van der Waals surface area contributed by atoms with E-state index in [-0.39, 0.29) is 0 Å². The lowest BCUT2D eigenvalue weighted by Gasteiger charge is -2.34. The Morgan fingerprint density at radius 2 is 2.00 bits per heavy atom. The second kappa shape index (κ2) is 2.51. The van der Waals surface area contributed by atoms with Crippen molar-refractivity contribution in [3.63, 3.8) is 0 Å². The first-order chi connectivity index (χ1) is 4.86. The van der Waals surface area contributed by atoms with E-state index in [0.717, 1.165) is 6.04 Å². The molecule has 0 unspecified atom stereocenters. The molecule has 1 aliphatic carbocycles. The number of likely N-dealkylation sites (N-methyl/N-ethyl adjacent to an activating group) is 1. The van der Waals surface area contributed by atoms with Gasteiger partial charge < -0.3 is 0 Å². The van der Waals surface area contributed by atoms with Crippen LogP contribution < -0.4 is 0 Å². The molecule has 0 aromatic rings. The summed E-state index contributed by atoms with van der Waals surface area (Å²) in [6, 6.07) is 0.949. The summed E-state index contributed by atoms with van der Waals surface area (Å²) in [5.74, 6) is 0. The zero-order valence-corrected chi connectivity index (χ0v) is 6.71. The summed E-state index contributed by atoms with van der Waals surface area (Å²) in [6.07, 6.45) is 4.37. The van der Waals surface area contributed by atoms with Crippen molar-refractivity contribution in [1.82, 2.24) is 9.80 Å². The normalized spacial score (nSPS) is 30.9. The minimum absolute atomic E-state index is 0.949. The molecule has 0 spiro atoms. The van der Waals surface area contributed by atoms with Gasteiger partial charge in [0.25, 0.3) is 0 Å². The Hall–Kier alpha value is -0.0800. The molecule has 2 fully saturated rings. The minimum Gasteiger partial charge on any atom is -0.292 e. The molecule has 58 valence electrons. The molecule has 0 amide bonds. The van der Waals surface area contributed by atoms with Crippen LogP contribution in [0.15, 0.2) is 0 Å². The molecule has 1 aliphatic heterocycles. The quantitative estimate of drug-likeness (QED) is 0.530. The molecule has 1 saturated heterocycles. The van der Waals surface area contributed by atoms with E-state index >= 15 is 0 Å². The number of hydrogen-bond acceptors (Lipinski definition) is 2. The van der Waals surface area contributed by atoms with Crippen LogP contribution in [0.3, 0.4) is 0 Å².